The van der Waals surface area contributed by atoms with Crippen LogP contribution in [0.4, 0.5) is 0 Å². The molecule has 0 saturated heterocycles. The number of carbonyl (C=O) groups is 2. The Morgan fingerprint density at radius 2 is 1.36 bits per heavy atom. The van der Waals surface area contributed by atoms with Crippen LogP contribution in [0.15, 0.2) is 46.6 Å². The molecule has 0 N–H and O–H groups in total. The molecule has 22 heavy (non-hydrogen) atoms. The number of rotatable bonds is 10. The van der Waals surface area contributed by atoms with Gasteiger partial charge in [-0.05, 0) is 72.5 Å². The van der Waals surface area contributed by atoms with Crippen LogP contribution >= 0.6 is 0 Å². The van der Waals surface area contributed by atoms with Gasteiger partial charge in [0.2, 0.25) is 0 Å². The third-order valence-corrected chi connectivity index (χ3v) is 3.32. The lowest BCUT2D eigenvalue weighted by Gasteiger charge is -2.02. The molecule has 0 fully saturated rings. The zero-order valence-corrected chi connectivity index (χ0v) is 14.7. The lowest BCUT2D eigenvalue weighted by Crippen LogP contribution is -1.94. The first-order chi connectivity index (χ1) is 10.3. The third kappa shape index (κ3) is 12.1. The van der Waals surface area contributed by atoms with Gasteiger partial charge in [0, 0.05) is 6.42 Å². The molecule has 0 rings (SSSR count). The monoisotopic (exact) mass is 302 g/mol. The Kier molecular flexibility index (Phi) is 11.0. The first-order valence-electron chi connectivity index (χ1n) is 7.95. The number of hydrogen-bond acceptors (Lipinski definition) is 2. The van der Waals surface area contributed by atoms with Gasteiger partial charge in [0.15, 0.2) is 5.78 Å². The molecule has 122 valence electrons. The van der Waals surface area contributed by atoms with E-state index in [0.717, 1.165) is 48.7 Å². The molecule has 2 nitrogen and oxygen atoms in total. The van der Waals surface area contributed by atoms with Gasteiger partial charge in [0.05, 0.1) is 0 Å². The second-order valence-corrected chi connectivity index (χ2v) is 6.19. The van der Waals surface area contributed by atoms with Crippen molar-refractivity contribution in [3.05, 3.63) is 46.6 Å². The zero-order chi connectivity index (χ0) is 17.0. The Morgan fingerprint density at radius 1 is 0.818 bits per heavy atom. The van der Waals surface area contributed by atoms with Crippen molar-refractivity contribution in [2.24, 2.45) is 0 Å². The highest BCUT2D eigenvalue weighted by Gasteiger charge is 1.99. The van der Waals surface area contributed by atoms with Gasteiger partial charge >= 0.3 is 0 Å². The van der Waals surface area contributed by atoms with Gasteiger partial charge in [-0.1, -0.05) is 34.4 Å². The van der Waals surface area contributed by atoms with Crippen LogP contribution < -0.4 is 0 Å². The minimum Gasteiger partial charge on any atom is -0.299 e. The maximum absolute atomic E-state index is 11.7. The fourth-order valence-electron chi connectivity index (χ4n) is 2.11. The van der Waals surface area contributed by atoms with E-state index in [1.165, 1.54) is 5.57 Å². The number of carbonyl (C=O) groups excluding carboxylic acids is 2. The van der Waals surface area contributed by atoms with Crippen LogP contribution in [-0.4, -0.2) is 12.1 Å². The van der Waals surface area contributed by atoms with Crippen molar-refractivity contribution >= 4 is 12.1 Å². The van der Waals surface area contributed by atoms with E-state index in [1.54, 1.807) is 12.2 Å². The second-order valence-electron chi connectivity index (χ2n) is 6.19. The van der Waals surface area contributed by atoms with Crippen molar-refractivity contribution in [1.82, 2.24) is 0 Å². The van der Waals surface area contributed by atoms with Crippen LogP contribution in [0.5, 0.6) is 0 Å². The van der Waals surface area contributed by atoms with E-state index >= 15 is 0 Å². The van der Waals surface area contributed by atoms with E-state index in [-0.39, 0.29) is 5.78 Å². The highest BCUT2D eigenvalue weighted by molar-refractivity contribution is 5.91. The summed E-state index contributed by atoms with van der Waals surface area (Å²) in [5.74, 6) is 0.179. The second kappa shape index (κ2) is 11.9. The molecule has 0 aromatic heterocycles. The van der Waals surface area contributed by atoms with Crippen LogP contribution in [-0.2, 0) is 9.59 Å². The average molecular weight is 302 g/mol. The molecule has 0 atom stereocenters. The first-order valence-corrected chi connectivity index (χ1v) is 7.95. The molecule has 0 aromatic rings. The summed E-state index contributed by atoms with van der Waals surface area (Å²) in [5, 5.41) is 0. The average Bonchev–Trinajstić information content (AvgIpc) is 2.37. The molecule has 0 spiro atoms. The van der Waals surface area contributed by atoms with E-state index in [9.17, 15) is 9.59 Å². The zero-order valence-electron chi connectivity index (χ0n) is 14.7. The quantitative estimate of drug-likeness (QED) is 0.303. The Hall–Kier alpha value is -1.70. The van der Waals surface area contributed by atoms with Gasteiger partial charge in [-0.15, -0.1) is 0 Å². The first kappa shape index (κ1) is 20.3. The number of allylic oxidation sites excluding steroid dienone is 8. The van der Waals surface area contributed by atoms with Crippen LogP contribution in [0.2, 0.25) is 0 Å². The Labute approximate surface area is 135 Å². The Balaban J connectivity index is 4.13. The van der Waals surface area contributed by atoms with Gasteiger partial charge in [-0.3, -0.25) is 9.59 Å². The predicted octanol–water partition coefficient (Wildman–Crippen LogP) is 5.51. The van der Waals surface area contributed by atoms with E-state index in [0.29, 0.717) is 6.42 Å². The molecule has 0 aliphatic carbocycles. The normalized spacial score (nSPS) is 13.0. The molecule has 0 unspecified atom stereocenters. The van der Waals surface area contributed by atoms with Gasteiger partial charge in [0.25, 0.3) is 0 Å². The molecule has 0 bridgehead atoms. The highest BCUT2D eigenvalue weighted by atomic mass is 16.1. The molecule has 0 saturated carbocycles. The summed E-state index contributed by atoms with van der Waals surface area (Å²) in [4.78, 5) is 22.0. The van der Waals surface area contributed by atoms with Gasteiger partial charge in [0.1, 0.15) is 6.29 Å². The fourth-order valence-corrected chi connectivity index (χ4v) is 2.11. The molecule has 0 aliphatic heterocycles. The molecule has 0 aliphatic rings. The smallest absolute Gasteiger partial charge is 0.159 e. The largest absolute Gasteiger partial charge is 0.299 e. The summed E-state index contributed by atoms with van der Waals surface area (Å²) in [6.45, 7) is 10.0. The van der Waals surface area contributed by atoms with E-state index in [1.807, 2.05) is 27.7 Å². The summed E-state index contributed by atoms with van der Waals surface area (Å²) >= 11 is 0. The summed E-state index contributed by atoms with van der Waals surface area (Å²) < 4.78 is 0. The number of aldehydes is 1. The van der Waals surface area contributed by atoms with E-state index < -0.39 is 0 Å². The van der Waals surface area contributed by atoms with Gasteiger partial charge in [-0.2, -0.15) is 0 Å². The third-order valence-electron chi connectivity index (χ3n) is 3.32. The highest BCUT2D eigenvalue weighted by Crippen LogP contribution is 2.12. The van der Waals surface area contributed by atoms with Crippen LogP contribution in [0.3, 0.4) is 0 Å². The van der Waals surface area contributed by atoms with Gasteiger partial charge in [-0.25, -0.2) is 0 Å². The summed E-state index contributed by atoms with van der Waals surface area (Å²) in [7, 11) is 0. The van der Waals surface area contributed by atoms with Crippen LogP contribution in [0, 0.1) is 0 Å². The predicted molar refractivity (Wildman–Crippen MR) is 94.9 cm³/mol. The SMILES string of the molecule is CC(C)=CC(=O)CC(C)=CCCC(C)=CCCC(C)=CC=O. The van der Waals surface area contributed by atoms with Crippen LogP contribution in [0.25, 0.3) is 0 Å². The molecule has 2 heteroatoms. The maximum atomic E-state index is 11.7. The standard InChI is InChI=1S/C20H30O2/c1-16(2)14-20(22)15-19(5)11-7-9-17(3)8-6-10-18(4)12-13-21/h8,11-14H,6-7,9-10,15H2,1-5H3. The topological polar surface area (TPSA) is 34.1 Å². The van der Waals surface area contributed by atoms with Gasteiger partial charge < -0.3 is 0 Å². The van der Waals surface area contributed by atoms with Crippen molar-refractivity contribution in [1.29, 1.82) is 0 Å². The summed E-state index contributed by atoms with van der Waals surface area (Å²) in [6.07, 6.45) is 13.0. The minimum atomic E-state index is 0.179. The fraction of sp³-hybridized carbons (Fsp3) is 0.500. The Morgan fingerprint density at radius 3 is 1.91 bits per heavy atom. The molecular weight excluding hydrogens is 272 g/mol. The van der Waals surface area contributed by atoms with Crippen molar-refractivity contribution in [2.45, 2.75) is 66.7 Å². The Bertz CT molecular complexity index is 484. The van der Waals surface area contributed by atoms with Crippen molar-refractivity contribution in [3.8, 4) is 0 Å². The van der Waals surface area contributed by atoms with Crippen molar-refractivity contribution in [2.75, 3.05) is 0 Å². The molecular formula is C20H30O2. The van der Waals surface area contributed by atoms with E-state index in [4.69, 9.17) is 0 Å². The number of ketones is 1. The van der Waals surface area contributed by atoms with E-state index in [2.05, 4.69) is 19.1 Å². The molecule has 0 aromatic carbocycles. The van der Waals surface area contributed by atoms with Crippen LogP contribution in [0.1, 0.15) is 66.7 Å². The molecule has 0 radical (unpaired) electrons. The number of hydrogen-bond donors (Lipinski definition) is 0. The molecule has 0 amide bonds. The lowest BCUT2D eigenvalue weighted by atomic mass is 10.0. The summed E-state index contributed by atoms with van der Waals surface area (Å²) in [5.41, 5.74) is 4.67. The minimum absolute atomic E-state index is 0.179. The molecule has 0 heterocycles. The lowest BCUT2D eigenvalue weighted by molar-refractivity contribution is -0.114. The maximum Gasteiger partial charge on any atom is 0.159 e. The van der Waals surface area contributed by atoms with Crippen molar-refractivity contribution < 1.29 is 9.59 Å². The summed E-state index contributed by atoms with van der Waals surface area (Å²) in [6, 6.07) is 0. The van der Waals surface area contributed by atoms with Crippen molar-refractivity contribution in [3.63, 3.8) is 0 Å².